The fourth-order valence-corrected chi connectivity index (χ4v) is 1.82. The molecule has 1 aromatic rings. The van der Waals surface area contributed by atoms with Gasteiger partial charge in [-0.1, -0.05) is 12.1 Å². The number of halogens is 2. The second-order valence-electron chi connectivity index (χ2n) is 4.20. The number of rotatable bonds is 6. The maximum Gasteiger partial charge on any atom is 0.191 e. The molecule has 0 saturated heterocycles. The first-order chi connectivity index (χ1) is 9.17. The van der Waals surface area contributed by atoms with Crippen LogP contribution >= 0.6 is 35.7 Å². The fourth-order valence-electron chi connectivity index (χ4n) is 1.52. The first kappa shape index (κ1) is 19.5. The van der Waals surface area contributed by atoms with Crippen molar-refractivity contribution in [2.45, 2.75) is 20.4 Å². The van der Waals surface area contributed by atoms with Gasteiger partial charge in [-0.2, -0.15) is 11.8 Å². The molecule has 1 rings (SSSR count). The molecule has 0 aliphatic rings. The molecule has 0 aliphatic carbocycles. The Kier molecular flexibility index (Phi) is 10.9. The molecule has 0 spiro atoms. The topological polar surface area (TPSA) is 36.4 Å². The zero-order chi connectivity index (χ0) is 14.1. The summed E-state index contributed by atoms with van der Waals surface area (Å²) in [5.74, 6) is 1.63. The van der Waals surface area contributed by atoms with Crippen molar-refractivity contribution in [3.05, 3.63) is 35.1 Å². The summed E-state index contributed by atoms with van der Waals surface area (Å²) in [6.07, 6.45) is 2.07. The molecule has 0 aliphatic heterocycles. The van der Waals surface area contributed by atoms with Gasteiger partial charge in [0.25, 0.3) is 0 Å². The van der Waals surface area contributed by atoms with E-state index in [1.807, 2.05) is 13.0 Å². The molecule has 0 fully saturated rings. The second kappa shape index (κ2) is 11.2. The standard InChI is InChI=1S/C14H22FN3S.HI/c1-4-16-14(17-7-8-19-3)18-10-12-6-5-11(2)13(15)9-12;/h5-6,9H,4,7-8,10H2,1-3H3,(H2,16,17,18);1H. The van der Waals surface area contributed by atoms with E-state index < -0.39 is 0 Å². The number of nitrogens with zero attached hydrogens (tertiary/aromatic N) is 1. The number of thioether (sulfide) groups is 1. The highest BCUT2D eigenvalue weighted by molar-refractivity contribution is 14.0. The van der Waals surface area contributed by atoms with Crippen LogP contribution in [-0.2, 0) is 6.54 Å². The van der Waals surface area contributed by atoms with Gasteiger partial charge in [0, 0.05) is 18.8 Å². The summed E-state index contributed by atoms with van der Waals surface area (Å²) in [7, 11) is 0. The molecule has 0 aromatic heterocycles. The lowest BCUT2D eigenvalue weighted by molar-refractivity contribution is 0.616. The molecule has 0 bridgehead atoms. The van der Waals surface area contributed by atoms with E-state index in [-0.39, 0.29) is 29.8 Å². The highest BCUT2D eigenvalue weighted by Gasteiger charge is 2.00. The molecule has 0 saturated carbocycles. The molecule has 2 N–H and O–H groups in total. The van der Waals surface area contributed by atoms with Crippen molar-refractivity contribution < 1.29 is 4.39 Å². The zero-order valence-corrected chi connectivity index (χ0v) is 15.3. The molecule has 20 heavy (non-hydrogen) atoms. The van der Waals surface area contributed by atoms with Crippen LogP contribution in [0.2, 0.25) is 0 Å². The van der Waals surface area contributed by atoms with Gasteiger partial charge in [0.1, 0.15) is 5.82 Å². The fraction of sp³-hybridized carbons (Fsp3) is 0.500. The third kappa shape index (κ3) is 7.33. The highest BCUT2D eigenvalue weighted by atomic mass is 127. The van der Waals surface area contributed by atoms with E-state index in [0.717, 1.165) is 30.4 Å². The minimum atomic E-state index is -0.173. The van der Waals surface area contributed by atoms with Crippen LogP contribution in [0, 0.1) is 12.7 Å². The molecular formula is C14H23FIN3S. The number of aryl methyl sites for hydroxylation is 1. The van der Waals surface area contributed by atoms with E-state index in [1.165, 1.54) is 0 Å². The Morgan fingerprint density at radius 2 is 2.10 bits per heavy atom. The van der Waals surface area contributed by atoms with Gasteiger partial charge in [-0.25, -0.2) is 9.38 Å². The summed E-state index contributed by atoms with van der Waals surface area (Å²) in [4.78, 5) is 4.44. The molecule has 0 heterocycles. The summed E-state index contributed by atoms with van der Waals surface area (Å²) in [6, 6.07) is 5.24. The third-order valence-electron chi connectivity index (χ3n) is 2.60. The van der Waals surface area contributed by atoms with Gasteiger partial charge in [0.15, 0.2) is 5.96 Å². The lowest BCUT2D eigenvalue weighted by atomic mass is 10.1. The van der Waals surface area contributed by atoms with Crippen molar-refractivity contribution in [2.75, 3.05) is 25.1 Å². The monoisotopic (exact) mass is 411 g/mol. The number of hydrogen-bond acceptors (Lipinski definition) is 2. The average molecular weight is 411 g/mol. The van der Waals surface area contributed by atoms with Crippen molar-refractivity contribution in [3.63, 3.8) is 0 Å². The first-order valence-corrected chi connectivity index (χ1v) is 7.83. The Hall–Kier alpha value is -0.500. The van der Waals surface area contributed by atoms with Crippen molar-refractivity contribution >= 4 is 41.7 Å². The third-order valence-corrected chi connectivity index (χ3v) is 3.21. The summed E-state index contributed by atoms with van der Waals surface area (Å²) in [6.45, 7) is 5.95. The van der Waals surface area contributed by atoms with E-state index >= 15 is 0 Å². The summed E-state index contributed by atoms with van der Waals surface area (Å²) < 4.78 is 13.4. The molecule has 114 valence electrons. The van der Waals surface area contributed by atoms with Crippen LogP contribution in [0.3, 0.4) is 0 Å². The van der Waals surface area contributed by atoms with Gasteiger partial charge in [0.05, 0.1) is 6.54 Å². The molecule has 0 atom stereocenters. The van der Waals surface area contributed by atoms with E-state index in [0.29, 0.717) is 12.1 Å². The summed E-state index contributed by atoms with van der Waals surface area (Å²) in [5.41, 5.74) is 1.54. The van der Waals surface area contributed by atoms with E-state index in [1.54, 1.807) is 30.8 Å². The van der Waals surface area contributed by atoms with E-state index in [4.69, 9.17) is 0 Å². The van der Waals surface area contributed by atoms with E-state index in [9.17, 15) is 4.39 Å². The molecule has 0 unspecified atom stereocenters. The van der Waals surface area contributed by atoms with Gasteiger partial charge in [-0.3, -0.25) is 0 Å². The van der Waals surface area contributed by atoms with Gasteiger partial charge < -0.3 is 10.6 Å². The number of benzene rings is 1. The predicted molar refractivity (Wildman–Crippen MR) is 97.8 cm³/mol. The quantitative estimate of drug-likeness (QED) is 0.327. The minimum absolute atomic E-state index is 0. The largest absolute Gasteiger partial charge is 0.357 e. The normalized spacial score (nSPS) is 10.9. The smallest absolute Gasteiger partial charge is 0.191 e. The Morgan fingerprint density at radius 3 is 2.70 bits per heavy atom. The average Bonchev–Trinajstić information content (AvgIpc) is 2.40. The lowest BCUT2D eigenvalue weighted by Crippen LogP contribution is -2.38. The van der Waals surface area contributed by atoms with Crippen LogP contribution in [0.4, 0.5) is 4.39 Å². The number of nitrogens with one attached hydrogen (secondary N) is 2. The Balaban J connectivity index is 0.00000361. The van der Waals surface area contributed by atoms with Crippen molar-refractivity contribution in [1.82, 2.24) is 10.6 Å². The van der Waals surface area contributed by atoms with Gasteiger partial charge in [0.2, 0.25) is 0 Å². The Bertz CT molecular complexity index is 427. The summed E-state index contributed by atoms with van der Waals surface area (Å²) in [5, 5.41) is 6.42. The van der Waals surface area contributed by atoms with Crippen LogP contribution in [0.5, 0.6) is 0 Å². The lowest BCUT2D eigenvalue weighted by Gasteiger charge is -2.10. The van der Waals surface area contributed by atoms with Crippen LogP contribution in [0.25, 0.3) is 0 Å². The van der Waals surface area contributed by atoms with Gasteiger partial charge in [-0.15, -0.1) is 24.0 Å². The first-order valence-electron chi connectivity index (χ1n) is 6.43. The Morgan fingerprint density at radius 1 is 1.35 bits per heavy atom. The maximum absolute atomic E-state index is 13.4. The molecule has 1 aromatic carbocycles. The molecule has 0 radical (unpaired) electrons. The molecular weight excluding hydrogens is 388 g/mol. The summed E-state index contributed by atoms with van der Waals surface area (Å²) >= 11 is 1.78. The van der Waals surface area contributed by atoms with Crippen molar-refractivity contribution in [2.24, 2.45) is 4.99 Å². The van der Waals surface area contributed by atoms with Gasteiger partial charge in [-0.05, 0) is 37.3 Å². The van der Waals surface area contributed by atoms with Crippen LogP contribution in [0.1, 0.15) is 18.1 Å². The Labute approximate surface area is 142 Å². The zero-order valence-electron chi connectivity index (χ0n) is 12.2. The number of hydrogen-bond donors (Lipinski definition) is 2. The minimum Gasteiger partial charge on any atom is -0.357 e. The second-order valence-corrected chi connectivity index (χ2v) is 5.18. The number of guanidine groups is 1. The van der Waals surface area contributed by atoms with Crippen molar-refractivity contribution in [3.8, 4) is 0 Å². The van der Waals surface area contributed by atoms with Gasteiger partial charge >= 0.3 is 0 Å². The molecule has 0 amide bonds. The van der Waals surface area contributed by atoms with Crippen molar-refractivity contribution in [1.29, 1.82) is 0 Å². The maximum atomic E-state index is 13.4. The van der Waals surface area contributed by atoms with E-state index in [2.05, 4.69) is 21.9 Å². The molecule has 6 heteroatoms. The van der Waals surface area contributed by atoms with Crippen LogP contribution in [0.15, 0.2) is 23.2 Å². The molecule has 3 nitrogen and oxygen atoms in total. The highest BCUT2D eigenvalue weighted by Crippen LogP contribution is 2.09. The van der Waals surface area contributed by atoms with Crippen LogP contribution < -0.4 is 10.6 Å². The number of aliphatic imine (C=N–C) groups is 1. The predicted octanol–water partition coefficient (Wildman–Crippen LogP) is 3.17. The SMILES string of the molecule is CCNC(=NCc1ccc(C)c(F)c1)NCCSC.I. The van der Waals surface area contributed by atoms with Crippen LogP contribution in [-0.4, -0.2) is 31.1 Å².